The van der Waals surface area contributed by atoms with Gasteiger partial charge in [-0.1, -0.05) is 11.6 Å². The van der Waals surface area contributed by atoms with Crippen LogP contribution in [-0.4, -0.2) is 63.1 Å². The molecule has 1 atom stereocenters. The fraction of sp³-hybridized carbons (Fsp3) is 0.316. The van der Waals surface area contributed by atoms with E-state index >= 15 is 0 Å². The van der Waals surface area contributed by atoms with Crippen LogP contribution in [0.3, 0.4) is 0 Å². The first kappa shape index (κ1) is 21.2. The number of anilines is 2. The highest BCUT2D eigenvalue weighted by Crippen LogP contribution is 2.22. The minimum Gasteiger partial charge on any atom is -0.491 e. The number of halogens is 1. The molecule has 0 aliphatic carbocycles. The molecule has 1 aliphatic rings. The Kier molecular flexibility index (Phi) is 6.51. The molecule has 2 N–H and O–H groups in total. The largest absolute Gasteiger partial charge is 0.491 e. The third kappa shape index (κ3) is 5.99. The van der Waals surface area contributed by atoms with Gasteiger partial charge in [-0.3, -0.25) is 9.62 Å². The number of nitrogens with one attached hydrogen (secondary N) is 1. The Bertz CT molecular complexity index is 951. The fourth-order valence-electron chi connectivity index (χ4n) is 2.95. The number of carbonyl (C=O) groups is 1. The van der Waals surface area contributed by atoms with Crippen molar-refractivity contribution < 1.29 is 23.1 Å². The quantitative estimate of drug-likeness (QED) is 0.658. The molecule has 0 saturated carbocycles. The molecule has 2 aromatic rings. The summed E-state index contributed by atoms with van der Waals surface area (Å²) in [5.41, 5.74) is 1.18. The summed E-state index contributed by atoms with van der Waals surface area (Å²) in [6.45, 7) is 1.19. The maximum absolute atomic E-state index is 12.6. The molecule has 2 amide bonds. The molecule has 3 rings (SSSR count). The molecule has 156 valence electrons. The molecule has 1 fully saturated rings. The van der Waals surface area contributed by atoms with Crippen LogP contribution in [0.4, 0.5) is 16.2 Å². The second kappa shape index (κ2) is 8.89. The molecule has 0 spiro atoms. The number of rotatable bonds is 8. The second-order valence-electron chi connectivity index (χ2n) is 6.72. The van der Waals surface area contributed by atoms with Crippen molar-refractivity contribution >= 4 is 39.0 Å². The summed E-state index contributed by atoms with van der Waals surface area (Å²) in [6.07, 6.45) is 0.208. The van der Waals surface area contributed by atoms with Gasteiger partial charge in [-0.05, 0) is 48.5 Å². The molecule has 0 radical (unpaired) electrons. The first-order valence-electron chi connectivity index (χ1n) is 8.92. The van der Waals surface area contributed by atoms with Crippen molar-refractivity contribution in [3.63, 3.8) is 0 Å². The van der Waals surface area contributed by atoms with Crippen LogP contribution < -0.4 is 14.4 Å². The predicted octanol–water partition coefficient (Wildman–Crippen LogP) is 2.39. The average molecular weight is 440 g/mol. The van der Waals surface area contributed by atoms with Gasteiger partial charge in [0.1, 0.15) is 18.5 Å². The standard InChI is InChI=1S/C19H22ClN3O5S/c1-29(26,27)21-15-4-8-18(9-5-15)28-13-17(24)12-22-10-11-23(19(22)25)16-6-2-14(20)3-7-16/h2-9,17,21,24H,10-13H2,1H3. The number of urea groups is 1. The number of benzene rings is 2. The van der Waals surface area contributed by atoms with Crippen LogP contribution in [-0.2, 0) is 10.0 Å². The molecule has 1 aliphatic heterocycles. The summed E-state index contributed by atoms with van der Waals surface area (Å²) in [5.74, 6) is 0.485. The zero-order valence-corrected chi connectivity index (χ0v) is 17.4. The lowest BCUT2D eigenvalue weighted by atomic mass is 10.3. The number of hydrogen-bond acceptors (Lipinski definition) is 5. The van der Waals surface area contributed by atoms with Crippen LogP contribution in [0, 0.1) is 0 Å². The van der Waals surface area contributed by atoms with Crippen molar-refractivity contribution in [2.75, 3.05) is 42.1 Å². The van der Waals surface area contributed by atoms with E-state index in [4.69, 9.17) is 16.3 Å². The van der Waals surface area contributed by atoms with Crippen molar-refractivity contribution in [2.24, 2.45) is 0 Å². The Morgan fingerprint density at radius 2 is 1.79 bits per heavy atom. The van der Waals surface area contributed by atoms with E-state index in [1.807, 2.05) is 0 Å². The van der Waals surface area contributed by atoms with Gasteiger partial charge in [0.25, 0.3) is 0 Å². The van der Waals surface area contributed by atoms with Gasteiger partial charge in [0, 0.05) is 29.5 Å². The minimum atomic E-state index is -3.34. The number of β-amino-alcohol motifs (C(OH)–C–C–N with tert-alkyl or cyclic N) is 1. The summed E-state index contributed by atoms with van der Waals surface area (Å²) < 4.78 is 30.3. The van der Waals surface area contributed by atoms with E-state index in [1.165, 1.54) is 0 Å². The zero-order chi connectivity index (χ0) is 21.0. The van der Waals surface area contributed by atoms with Crippen molar-refractivity contribution in [3.05, 3.63) is 53.6 Å². The summed E-state index contributed by atoms with van der Waals surface area (Å²) in [7, 11) is -3.34. The summed E-state index contributed by atoms with van der Waals surface area (Å²) >= 11 is 5.88. The molecule has 29 heavy (non-hydrogen) atoms. The van der Waals surface area contributed by atoms with E-state index in [9.17, 15) is 18.3 Å². The lowest BCUT2D eigenvalue weighted by molar-refractivity contribution is 0.0829. The molecule has 8 nitrogen and oxygen atoms in total. The Hall–Kier alpha value is -2.49. The summed E-state index contributed by atoms with van der Waals surface area (Å²) in [6, 6.07) is 13.2. The number of aliphatic hydroxyl groups is 1. The van der Waals surface area contributed by atoms with Gasteiger partial charge in [-0.15, -0.1) is 0 Å². The molecule has 1 saturated heterocycles. The van der Waals surface area contributed by atoms with E-state index in [-0.39, 0.29) is 19.2 Å². The van der Waals surface area contributed by atoms with Crippen LogP contribution in [0.5, 0.6) is 5.75 Å². The predicted molar refractivity (Wildman–Crippen MR) is 112 cm³/mol. The van der Waals surface area contributed by atoms with Crippen molar-refractivity contribution in [1.82, 2.24) is 4.90 Å². The van der Waals surface area contributed by atoms with Gasteiger partial charge >= 0.3 is 6.03 Å². The monoisotopic (exact) mass is 439 g/mol. The molecule has 2 aromatic carbocycles. The second-order valence-corrected chi connectivity index (χ2v) is 8.90. The third-order valence-corrected chi connectivity index (χ3v) is 5.12. The first-order valence-corrected chi connectivity index (χ1v) is 11.2. The SMILES string of the molecule is CS(=O)(=O)Nc1ccc(OCC(O)CN2CCN(c3ccc(Cl)cc3)C2=O)cc1. The summed E-state index contributed by atoms with van der Waals surface area (Å²) in [4.78, 5) is 15.8. The summed E-state index contributed by atoms with van der Waals surface area (Å²) in [5, 5.41) is 10.8. The van der Waals surface area contributed by atoms with Gasteiger partial charge < -0.3 is 14.7 Å². The van der Waals surface area contributed by atoms with E-state index in [0.29, 0.717) is 29.5 Å². The highest BCUT2D eigenvalue weighted by Gasteiger charge is 2.30. The topological polar surface area (TPSA) is 99.2 Å². The van der Waals surface area contributed by atoms with Gasteiger partial charge in [0.05, 0.1) is 12.8 Å². The van der Waals surface area contributed by atoms with Crippen molar-refractivity contribution in [1.29, 1.82) is 0 Å². The van der Waals surface area contributed by atoms with Crippen LogP contribution >= 0.6 is 11.6 Å². The minimum absolute atomic E-state index is 0.00355. The van der Waals surface area contributed by atoms with Gasteiger partial charge in [0.15, 0.2) is 0 Å². The molecule has 0 bridgehead atoms. The Morgan fingerprint density at radius 1 is 1.14 bits per heavy atom. The maximum Gasteiger partial charge on any atom is 0.324 e. The zero-order valence-electron chi connectivity index (χ0n) is 15.8. The van der Waals surface area contributed by atoms with Crippen LogP contribution in [0.1, 0.15) is 0 Å². The van der Waals surface area contributed by atoms with Crippen LogP contribution in [0.2, 0.25) is 5.02 Å². The van der Waals surface area contributed by atoms with E-state index in [1.54, 1.807) is 58.3 Å². The van der Waals surface area contributed by atoms with Crippen LogP contribution in [0.15, 0.2) is 48.5 Å². The lowest BCUT2D eigenvalue weighted by Gasteiger charge is -2.21. The highest BCUT2D eigenvalue weighted by molar-refractivity contribution is 7.92. The number of sulfonamides is 1. The molecular weight excluding hydrogens is 418 g/mol. The van der Waals surface area contributed by atoms with Gasteiger partial charge in [0.2, 0.25) is 10.0 Å². The maximum atomic E-state index is 12.6. The van der Waals surface area contributed by atoms with Gasteiger partial charge in [-0.2, -0.15) is 0 Å². The number of hydrogen-bond donors (Lipinski definition) is 2. The van der Waals surface area contributed by atoms with E-state index in [0.717, 1.165) is 11.9 Å². The molecule has 1 unspecified atom stereocenters. The number of aliphatic hydroxyl groups excluding tert-OH is 1. The number of ether oxygens (including phenoxy) is 1. The number of nitrogens with zero attached hydrogens (tertiary/aromatic N) is 2. The Morgan fingerprint density at radius 3 is 2.41 bits per heavy atom. The molecular formula is C19H22ClN3O5S. The molecule has 0 aromatic heterocycles. The first-order chi connectivity index (χ1) is 13.7. The average Bonchev–Trinajstić information content (AvgIpc) is 3.01. The smallest absolute Gasteiger partial charge is 0.324 e. The normalized spacial score (nSPS) is 15.5. The number of carbonyl (C=O) groups excluding carboxylic acids is 1. The number of amides is 2. The highest BCUT2D eigenvalue weighted by atomic mass is 35.5. The third-order valence-electron chi connectivity index (χ3n) is 4.26. The van der Waals surface area contributed by atoms with Crippen molar-refractivity contribution in [3.8, 4) is 5.75 Å². The molecule has 1 heterocycles. The fourth-order valence-corrected chi connectivity index (χ4v) is 3.64. The van der Waals surface area contributed by atoms with Crippen LogP contribution in [0.25, 0.3) is 0 Å². The Balaban J connectivity index is 1.49. The van der Waals surface area contributed by atoms with E-state index in [2.05, 4.69) is 4.72 Å². The Labute approximate surface area is 174 Å². The molecule has 10 heteroatoms. The van der Waals surface area contributed by atoms with Gasteiger partial charge in [-0.25, -0.2) is 13.2 Å². The van der Waals surface area contributed by atoms with Crippen molar-refractivity contribution in [2.45, 2.75) is 6.10 Å². The lowest BCUT2D eigenvalue weighted by Crippen LogP contribution is -2.39. The van der Waals surface area contributed by atoms with E-state index < -0.39 is 16.1 Å².